The highest BCUT2D eigenvalue weighted by Gasteiger charge is 2.12. The van der Waals surface area contributed by atoms with Crippen molar-refractivity contribution < 1.29 is 19.0 Å². The molecule has 0 aliphatic carbocycles. The zero-order valence-corrected chi connectivity index (χ0v) is 13.3. The zero-order chi connectivity index (χ0) is 16.8. The molecule has 0 atom stereocenters. The summed E-state index contributed by atoms with van der Waals surface area (Å²) in [4.78, 5) is 20.0. The fraction of sp³-hybridized carbons (Fsp3) is 0.267. The summed E-state index contributed by atoms with van der Waals surface area (Å²) in [5, 5.41) is 5.37. The molecule has 0 saturated heterocycles. The van der Waals surface area contributed by atoms with Gasteiger partial charge in [0.15, 0.2) is 0 Å². The molecule has 0 unspecified atom stereocenters. The van der Waals surface area contributed by atoms with Crippen LogP contribution in [-0.2, 0) is 0 Å². The first kappa shape index (κ1) is 16.3. The van der Waals surface area contributed by atoms with E-state index in [2.05, 4.69) is 20.6 Å². The molecule has 0 fully saturated rings. The van der Waals surface area contributed by atoms with Crippen LogP contribution in [0, 0.1) is 6.92 Å². The number of rotatable bonds is 5. The van der Waals surface area contributed by atoms with Gasteiger partial charge in [0.05, 0.1) is 27.5 Å². The number of carbonyl (C=O) groups excluding carboxylic acids is 1. The molecule has 0 bridgehead atoms. The van der Waals surface area contributed by atoms with Crippen LogP contribution in [0.15, 0.2) is 24.4 Å². The SMILES string of the molecule is COc1ccc(NC(=O)Nc2cnc(OC)nc2OC)c(C)c1. The van der Waals surface area contributed by atoms with E-state index in [0.717, 1.165) is 11.3 Å². The van der Waals surface area contributed by atoms with Crippen LogP contribution < -0.4 is 24.8 Å². The van der Waals surface area contributed by atoms with Gasteiger partial charge in [0.25, 0.3) is 0 Å². The first-order chi connectivity index (χ1) is 11.1. The van der Waals surface area contributed by atoms with Crippen molar-refractivity contribution in [3.8, 4) is 17.6 Å². The van der Waals surface area contributed by atoms with E-state index in [-0.39, 0.29) is 11.9 Å². The fourth-order valence-electron chi connectivity index (χ4n) is 1.87. The van der Waals surface area contributed by atoms with Gasteiger partial charge in [0.1, 0.15) is 11.4 Å². The number of amides is 2. The van der Waals surface area contributed by atoms with E-state index >= 15 is 0 Å². The lowest BCUT2D eigenvalue weighted by molar-refractivity contribution is 0.262. The monoisotopic (exact) mass is 318 g/mol. The van der Waals surface area contributed by atoms with E-state index in [1.54, 1.807) is 19.2 Å². The first-order valence-electron chi connectivity index (χ1n) is 6.75. The lowest BCUT2D eigenvalue weighted by atomic mass is 10.2. The number of carbonyl (C=O) groups is 1. The quantitative estimate of drug-likeness (QED) is 0.879. The Kier molecular flexibility index (Phi) is 5.19. The third-order valence-electron chi connectivity index (χ3n) is 3.04. The van der Waals surface area contributed by atoms with Crippen molar-refractivity contribution in [2.45, 2.75) is 6.92 Å². The largest absolute Gasteiger partial charge is 0.497 e. The second kappa shape index (κ2) is 7.30. The molecule has 122 valence electrons. The van der Waals surface area contributed by atoms with Crippen molar-refractivity contribution in [2.24, 2.45) is 0 Å². The normalized spacial score (nSPS) is 9.91. The summed E-state index contributed by atoms with van der Waals surface area (Å²) in [6.07, 6.45) is 1.41. The van der Waals surface area contributed by atoms with Gasteiger partial charge < -0.3 is 24.8 Å². The molecular weight excluding hydrogens is 300 g/mol. The predicted octanol–water partition coefficient (Wildman–Crippen LogP) is 2.45. The van der Waals surface area contributed by atoms with Crippen molar-refractivity contribution in [1.82, 2.24) is 9.97 Å². The maximum absolute atomic E-state index is 12.1. The number of methoxy groups -OCH3 is 3. The topological polar surface area (TPSA) is 94.6 Å². The molecule has 2 N–H and O–H groups in total. The summed E-state index contributed by atoms with van der Waals surface area (Å²) < 4.78 is 15.1. The van der Waals surface area contributed by atoms with Crippen LogP contribution in [0.4, 0.5) is 16.2 Å². The Bertz CT molecular complexity index is 706. The van der Waals surface area contributed by atoms with Gasteiger partial charge in [-0.15, -0.1) is 0 Å². The number of hydrogen-bond donors (Lipinski definition) is 2. The third-order valence-corrected chi connectivity index (χ3v) is 3.04. The smallest absolute Gasteiger partial charge is 0.323 e. The Labute approximate surface area is 133 Å². The Morgan fingerprint density at radius 2 is 1.78 bits per heavy atom. The number of benzene rings is 1. The van der Waals surface area contributed by atoms with E-state index in [9.17, 15) is 4.79 Å². The summed E-state index contributed by atoms with van der Waals surface area (Å²) in [7, 11) is 4.48. The minimum Gasteiger partial charge on any atom is -0.497 e. The molecule has 0 radical (unpaired) electrons. The zero-order valence-electron chi connectivity index (χ0n) is 13.3. The fourth-order valence-corrected chi connectivity index (χ4v) is 1.87. The van der Waals surface area contributed by atoms with Crippen LogP contribution in [0.2, 0.25) is 0 Å². The summed E-state index contributed by atoms with van der Waals surface area (Å²) in [5.74, 6) is 0.928. The predicted molar refractivity (Wildman–Crippen MR) is 85.5 cm³/mol. The molecule has 1 heterocycles. The maximum atomic E-state index is 12.1. The number of nitrogens with one attached hydrogen (secondary N) is 2. The minimum absolute atomic E-state index is 0.152. The van der Waals surface area contributed by atoms with Crippen molar-refractivity contribution in [1.29, 1.82) is 0 Å². The number of ether oxygens (including phenoxy) is 3. The van der Waals surface area contributed by atoms with E-state index in [1.165, 1.54) is 20.4 Å². The number of anilines is 2. The molecule has 0 aliphatic rings. The maximum Gasteiger partial charge on any atom is 0.323 e. The molecule has 0 spiro atoms. The molecule has 0 aliphatic heterocycles. The Balaban J connectivity index is 2.10. The summed E-state index contributed by atoms with van der Waals surface area (Å²) >= 11 is 0. The van der Waals surface area contributed by atoms with E-state index in [1.807, 2.05) is 13.0 Å². The number of aryl methyl sites for hydroxylation is 1. The standard InChI is InChI=1S/C15H18N4O4/c1-9-7-10(21-2)5-6-11(9)17-14(20)18-12-8-16-15(23-4)19-13(12)22-3/h5-8H,1-4H3,(H2,17,18,20). The van der Waals surface area contributed by atoms with Crippen molar-refractivity contribution in [2.75, 3.05) is 32.0 Å². The number of hydrogen-bond acceptors (Lipinski definition) is 6. The lowest BCUT2D eigenvalue weighted by Gasteiger charge is -2.12. The molecule has 2 aromatic rings. The van der Waals surface area contributed by atoms with Gasteiger partial charge in [-0.2, -0.15) is 4.98 Å². The summed E-state index contributed by atoms with van der Waals surface area (Å²) in [6.45, 7) is 1.87. The highest BCUT2D eigenvalue weighted by Crippen LogP contribution is 2.24. The van der Waals surface area contributed by atoms with Crippen molar-refractivity contribution >= 4 is 17.4 Å². The number of urea groups is 1. The molecule has 23 heavy (non-hydrogen) atoms. The molecule has 2 amide bonds. The number of nitrogens with zero attached hydrogens (tertiary/aromatic N) is 2. The Morgan fingerprint density at radius 3 is 2.39 bits per heavy atom. The molecule has 1 aromatic carbocycles. The van der Waals surface area contributed by atoms with Gasteiger partial charge >= 0.3 is 12.0 Å². The summed E-state index contributed by atoms with van der Waals surface area (Å²) in [6, 6.07) is 5.06. The Hall–Kier alpha value is -3.03. The van der Waals surface area contributed by atoms with Gasteiger partial charge in [0, 0.05) is 5.69 Å². The summed E-state index contributed by atoms with van der Waals surface area (Å²) in [5.41, 5.74) is 1.87. The van der Waals surface area contributed by atoms with Gasteiger partial charge in [-0.1, -0.05) is 0 Å². The highest BCUT2D eigenvalue weighted by molar-refractivity contribution is 6.00. The van der Waals surface area contributed by atoms with Gasteiger partial charge in [0.2, 0.25) is 5.88 Å². The molecular formula is C15H18N4O4. The van der Waals surface area contributed by atoms with Gasteiger partial charge in [-0.25, -0.2) is 9.78 Å². The molecule has 8 nitrogen and oxygen atoms in total. The first-order valence-corrected chi connectivity index (χ1v) is 6.75. The van der Waals surface area contributed by atoms with Gasteiger partial charge in [-0.05, 0) is 30.7 Å². The van der Waals surface area contributed by atoms with E-state index in [0.29, 0.717) is 11.4 Å². The van der Waals surface area contributed by atoms with Crippen LogP contribution in [0.3, 0.4) is 0 Å². The van der Waals surface area contributed by atoms with Crippen LogP contribution in [0.25, 0.3) is 0 Å². The second-order valence-corrected chi connectivity index (χ2v) is 4.54. The minimum atomic E-state index is -0.440. The average Bonchev–Trinajstić information content (AvgIpc) is 2.57. The number of aromatic nitrogens is 2. The molecule has 1 aromatic heterocycles. The van der Waals surface area contributed by atoms with Crippen molar-refractivity contribution in [3.05, 3.63) is 30.0 Å². The van der Waals surface area contributed by atoms with Crippen LogP contribution >= 0.6 is 0 Å². The lowest BCUT2D eigenvalue weighted by Crippen LogP contribution is -2.20. The van der Waals surface area contributed by atoms with Gasteiger partial charge in [-0.3, -0.25) is 0 Å². The third kappa shape index (κ3) is 4.00. The van der Waals surface area contributed by atoms with E-state index < -0.39 is 6.03 Å². The Morgan fingerprint density at radius 1 is 1.04 bits per heavy atom. The second-order valence-electron chi connectivity index (χ2n) is 4.54. The van der Waals surface area contributed by atoms with Crippen LogP contribution in [0.5, 0.6) is 17.6 Å². The highest BCUT2D eigenvalue weighted by atomic mass is 16.5. The van der Waals surface area contributed by atoms with Crippen LogP contribution in [0.1, 0.15) is 5.56 Å². The van der Waals surface area contributed by atoms with Crippen molar-refractivity contribution in [3.63, 3.8) is 0 Å². The van der Waals surface area contributed by atoms with Crippen LogP contribution in [-0.4, -0.2) is 37.3 Å². The van der Waals surface area contributed by atoms with E-state index in [4.69, 9.17) is 14.2 Å². The molecule has 8 heteroatoms. The average molecular weight is 318 g/mol. The molecule has 2 rings (SSSR count). The molecule has 0 saturated carbocycles.